The van der Waals surface area contributed by atoms with Gasteiger partial charge in [0.25, 0.3) is 0 Å². The van der Waals surface area contributed by atoms with Gasteiger partial charge in [-0.15, -0.1) is 0 Å². The Morgan fingerprint density at radius 2 is 1.81 bits per heavy atom. The lowest BCUT2D eigenvalue weighted by molar-refractivity contribution is -0.137. The van der Waals surface area contributed by atoms with Crippen LogP contribution in [0.3, 0.4) is 0 Å². The molecule has 0 bridgehead atoms. The summed E-state index contributed by atoms with van der Waals surface area (Å²) in [6, 6.07) is 12.0. The number of hydrogen-bond acceptors (Lipinski definition) is 5. The van der Waals surface area contributed by atoms with Gasteiger partial charge in [0.2, 0.25) is 5.91 Å². The predicted molar refractivity (Wildman–Crippen MR) is 143 cm³/mol. The van der Waals surface area contributed by atoms with Crippen molar-refractivity contribution >= 4 is 29.3 Å². The number of hydrogen-bond donors (Lipinski definition) is 4. The molecule has 2 aromatic rings. The van der Waals surface area contributed by atoms with Crippen LogP contribution in [0.1, 0.15) is 24.5 Å². The fraction of sp³-hybridized carbons (Fsp3) is 0.250. The highest BCUT2D eigenvalue weighted by Gasteiger charge is 2.15. The molecule has 1 heterocycles. The van der Waals surface area contributed by atoms with E-state index in [1.807, 2.05) is 73.6 Å². The molecular weight excluding hydrogens is 472 g/mol. The van der Waals surface area contributed by atoms with E-state index in [0.29, 0.717) is 23.7 Å². The molecule has 1 aliphatic rings. The quantitative estimate of drug-likeness (QED) is 0.380. The van der Waals surface area contributed by atoms with Crippen molar-refractivity contribution in [3.63, 3.8) is 0 Å². The molecule has 1 atom stereocenters. The van der Waals surface area contributed by atoms with Crippen LogP contribution in [0.2, 0.25) is 0 Å². The van der Waals surface area contributed by atoms with Gasteiger partial charge >= 0.3 is 12.0 Å². The minimum absolute atomic E-state index is 0.000715. The topological polar surface area (TPSA) is 120 Å². The number of carboxylic acid groups (broad SMARTS) is 1. The Balaban J connectivity index is 1.57. The first-order valence-corrected chi connectivity index (χ1v) is 11.9. The molecule has 0 aromatic heterocycles. The fourth-order valence-corrected chi connectivity index (χ4v) is 3.73. The number of aliphatic carboxylic acids is 1. The molecule has 0 spiro atoms. The molecule has 0 saturated carbocycles. The van der Waals surface area contributed by atoms with Crippen LogP contribution in [0.15, 0.2) is 78.7 Å². The molecule has 37 heavy (non-hydrogen) atoms. The number of carbonyl (C=O) groups is 3. The number of amides is 3. The van der Waals surface area contributed by atoms with Gasteiger partial charge < -0.3 is 30.7 Å². The average Bonchev–Trinajstić information content (AvgIpc) is 3.10. The highest BCUT2D eigenvalue weighted by molar-refractivity contribution is 6.01. The van der Waals surface area contributed by atoms with Gasteiger partial charge in [0.15, 0.2) is 0 Å². The van der Waals surface area contributed by atoms with Crippen LogP contribution in [0, 0.1) is 6.92 Å². The third kappa shape index (κ3) is 8.28. The Kier molecular flexibility index (Phi) is 9.48. The lowest BCUT2D eigenvalue weighted by atomic mass is 10.1. The molecule has 0 saturated heterocycles. The van der Waals surface area contributed by atoms with Crippen molar-refractivity contribution in [2.75, 3.05) is 24.3 Å². The number of aryl methyl sites for hydroxylation is 1. The van der Waals surface area contributed by atoms with Crippen molar-refractivity contribution in [3.8, 4) is 5.75 Å². The van der Waals surface area contributed by atoms with Crippen LogP contribution in [0.25, 0.3) is 0 Å². The number of urea groups is 1. The SMILES string of the molecule is COc1cc(CC(=O)NCC2=CN(C(C)CC(=O)O)C=CC=C2)ccc1NC(=O)Nc1ccccc1C. The number of ether oxygens (including phenoxy) is 1. The van der Waals surface area contributed by atoms with Crippen molar-refractivity contribution < 1.29 is 24.2 Å². The summed E-state index contributed by atoms with van der Waals surface area (Å²) in [5.74, 6) is -0.615. The van der Waals surface area contributed by atoms with E-state index in [4.69, 9.17) is 9.84 Å². The first kappa shape index (κ1) is 27.1. The first-order valence-electron chi connectivity index (χ1n) is 11.9. The minimum atomic E-state index is -0.870. The second kappa shape index (κ2) is 13.0. The Morgan fingerprint density at radius 1 is 1.05 bits per heavy atom. The van der Waals surface area contributed by atoms with Gasteiger partial charge in [-0.25, -0.2) is 4.79 Å². The van der Waals surface area contributed by atoms with Gasteiger partial charge in [-0.2, -0.15) is 0 Å². The van der Waals surface area contributed by atoms with E-state index in [9.17, 15) is 14.4 Å². The Morgan fingerprint density at radius 3 is 2.54 bits per heavy atom. The number of nitrogens with zero attached hydrogens (tertiary/aromatic N) is 1. The van der Waals surface area contributed by atoms with E-state index in [1.165, 1.54) is 7.11 Å². The number of anilines is 2. The molecule has 1 unspecified atom stereocenters. The largest absolute Gasteiger partial charge is 0.495 e. The number of methoxy groups -OCH3 is 1. The summed E-state index contributed by atoms with van der Waals surface area (Å²) in [6.07, 6.45) is 9.31. The molecule has 3 rings (SSSR count). The van der Waals surface area contributed by atoms with Gasteiger partial charge in [-0.05, 0) is 54.8 Å². The third-order valence-electron chi connectivity index (χ3n) is 5.74. The summed E-state index contributed by atoms with van der Waals surface area (Å²) in [5, 5.41) is 17.5. The summed E-state index contributed by atoms with van der Waals surface area (Å²) in [4.78, 5) is 37.9. The summed E-state index contributed by atoms with van der Waals surface area (Å²) in [7, 11) is 1.50. The Hall–Kier alpha value is -4.53. The molecule has 0 fully saturated rings. The van der Waals surface area contributed by atoms with Gasteiger partial charge in [0, 0.05) is 30.7 Å². The molecular formula is C28H32N4O5. The van der Waals surface area contributed by atoms with Crippen LogP contribution in [-0.2, 0) is 16.0 Å². The molecule has 9 nitrogen and oxygen atoms in total. The van der Waals surface area contributed by atoms with Crippen LogP contribution in [-0.4, -0.2) is 47.6 Å². The number of allylic oxidation sites excluding steroid dienone is 2. The fourth-order valence-electron chi connectivity index (χ4n) is 3.73. The third-order valence-corrected chi connectivity index (χ3v) is 5.74. The maximum atomic E-state index is 12.6. The zero-order chi connectivity index (χ0) is 26.8. The number of para-hydroxylation sites is 1. The van der Waals surface area contributed by atoms with E-state index in [1.54, 1.807) is 18.2 Å². The number of carboxylic acids is 1. The van der Waals surface area contributed by atoms with Gasteiger partial charge in [0.1, 0.15) is 5.75 Å². The Labute approximate surface area is 216 Å². The maximum Gasteiger partial charge on any atom is 0.323 e. The number of benzene rings is 2. The molecule has 0 aliphatic carbocycles. The predicted octanol–water partition coefficient (Wildman–Crippen LogP) is 4.44. The number of rotatable bonds is 10. The van der Waals surface area contributed by atoms with E-state index in [0.717, 1.165) is 16.7 Å². The monoisotopic (exact) mass is 504 g/mol. The van der Waals surface area contributed by atoms with Crippen molar-refractivity contribution in [1.29, 1.82) is 0 Å². The maximum absolute atomic E-state index is 12.6. The van der Waals surface area contributed by atoms with E-state index >= 15 is 0 Å². The summed E-state index contributed by atoms with van der Waals surface area (Å²) in [5.41, 5.74) is 3.70. The second-order valence-corrected chi connectivity index (χ2v) is 8.68. The summed E-state index contributed by atoms with van der Waals surface area (Å²) < 4.78 is 5.43. The van der Waals surface area contributed by atoms with Crippen molar-refractivity contribution in [3.05, 3.63) is 89.8 Å². The van der Waals surface area contributed by atoms with Gasteiger partial charge in [-0.3, -0.25) is 9.59 Å². The molecule has 0 radical (unpaired) electrons. The second-order valence-electron chi connectivity index (χ2n) is 8.68. The van der Waals surface area contributed by atoms with E-state index in [2.05, 4.69) is 16.0 Å². The van der Waals surface area contributed by atoms with E-state index < -0.39 is 12.0 Å². The van der Waals surface area contributed by atoms with Crippen molar-refractivity contribution in [2.45, 2.75) is 32.7 Å². The molecule has 2 aromatic carbocycles. The van der Waals surface area contributed by atoms with Crippen LogP contribution in [0.4, 0.5) is 16.2 Å². The van der Waals surface area contributed by atoms with Crippen LogP contribution >= 0.6 is 0 Å². The van der Waals surface area contributed by atoms with Crippen LogP contribution in [0.5, 0.6) is 5.75 Å². The van der Waals surface area contributed by atoms with Gasteiger partial charge in [-0.1, -0.05) is 36.4 Å². The average molecular weight is 505 g/mol. The molecule has 1 aliphatic heterocycles. The Bertz CT molecular complexity index is 1230. The lowest BCUT2D eigenvalue weighted by Gasteiger charge is -2.23. The first-order chi connectivity index (χ1) is 17.7. The standard InChI is InChI=1S/C28H32N4O5/c1-19-8-4-5-10-23(19)30-28(36)31-24-12-11-21(15-25(24)37-3)16-26(33)29-17-22-9-6-7-13-32(18-22)20(2)14-27(34)35/h4-13,15,18,20H,14,16-17H2,1-3H3,(H,29,33)(H,34,35)(H2,30,31,36). The van der Waals surface area contributed by atoms with Crippen LogP contribution < -0.4 is 20.7 Å². The highest BCUT2D eigenvalue weighted by Crippen LogP contribution is 2.26. The normalized spacial score (nSPS) is 13.3. The minimum Gasteiger partial charge on any atom is -0.495 e. The zero-order valence-corrected chi connectivity index (χ0v) is 21.2. The lowest BCUT2D eigenvalue weighted by Crippen LogP contribution is -2.29. The molecule has 194 valence electrons. The van der Waals surface area contributed by atoms with Crippen molar-refractivity contribution in [1.82, 2.24) is 10.2 Å². The zero-order valence-electron chi connectivity index (χ0n) is 21.2. The summed E-state index contributed by atoms with van der Waals surface area (Å²) >= 11 is 0. The molecule has 9 heteroatoms. The van der Waals surface area contributed by atoms with E-state index in [-0.39, 0.29) is 24.8 Å². The smallest absolute Gasteiger partial charge is 0.323 e. The van der Waals surface area contributed by atoms with Gasteiger partial charge in [0.05, 0.1) is 25.6 Å². The summed E-state index contributed by atoms with van der Waals surface area (Å²) in [6.45, 7) is 4.03. The number of carbonyl (C=O) groups excluding carboxylic acids is 2. The number of nitrogens with one attached hydrogen (secondary N) is 3. The highest BCUT2D eigenvalue weighted by atomic mass is 16.5. The molecule has 4 N–H and O–H groups in total. The van der Waals surface area contributed by atoms with Crippen molar-refractivity contribution in [2.24, 2.45) is 0 Å². The molecule has 3 amide bonds.